The van der Waals surface area contributed by atoms with Crippen LogP contribution in [0.2, 0.25) is 18.1 Å². The standard InChI is InChI=1S/C41H60N4O7Si/c1-27(2)37-38(47)42-35(25-30-17-13-20-33(24-30)52-53(8,9)41(4,5)6)39(48)45-22-14-21-34(44-45)40(49)51-28(3)31-18-12-16-29(23-31)15-10-11-19-32(50-7)26-36(46)43-37/h10,12-13,15-18,20,23-24,27-28,32,34-35,37,44H,11,14,19,21-22,25-26H2,1-9H3,(H,42,47)(H,43,46)/b15-10-/t28-,32-,34+,35+,37+/m1/s1. The van der Waals surface area contributed by atoms with Crippen LogP contribution in [0.1, 0.15) is 96.4 Å². The normalized spacial score (nSPS) is 25.0. The third-order valence-electron chi connectivity index (χ3n) is 10.5. The lowest BCUT2D eigenvalue weighted by molar-refractivity contribution is -0.157. The quantitative estimate of drug-likeness (QED) is 0.233. The van der Waals surface area contributed by atoms with E-state index in [0.717, 1.165) is 16.7 Å². The molecule has 0 spiro atoms. The number of hydrogen-bond acceptors (Lipinski definition) is 8. The Labute approximate surface area is 316 Å². The zero-order chi connectivity index (χ0) is 38.9. The molecule has 2 aliphatic rings. The number of hydrazine groups is 1. The van der Waals surface area contributed by atoms with Gasteiger partial charge in [-0.15, -0.1) is 0 Å². The maximum Gasteiger partial charge on any atom is 0.325 e. The highest BCUT2D eigenvalue weighted by molar-refractivity contribution is 6.74. The van der Waals surface area contributed by atoms with Gasteiger partial charge in [0.1, 0.15) is 30.0 Å². The van der Waals surface area contributed by atoms with E-state index in [1.807, 2.05) is 81.5 Å². The van der Waals surface area contributed by atoms with Gasteiger partial charge in [-0.2, -0.15) is 0 Å². The number of rotatable bonds is 6. The first kappa shape index (κ1) is 41.7. The van der Waals surface area contributed by atoms with Gasteiger partial charge in [0, 0.05) is 20.1 Å². The number of carbonyl (C=O) groups is 4. The molecular formula is C41H60N4O7Si. The minimum atomic E-state index is -2.15. The van der Waals surface area contributed by atoms with E-state index in [9.17, 15) is 19.2 Å². The van der Waals surface area contributed by atoms with Crippen molar-refractivity contribution in [2.75, 3.05) is 13.7 Å². The maximum absolute atomic E-state index is 14.4. The number of allylic oxidation sites excluding steroid dienone is 1. The van der Waals surface area contributed by atoms with Crippen LogP contribution in [0.15, 0.2) is 54.6 Å². The van der Waals surface area contributed by atoms with Crippen molar-refractivity contribution < 1.29 is 33.1 Å². The average Bonchev–Trinajstić information content (AvgIpc) is 3.10. The van der Waals surface area contributed by atoms with Crippen molar-refractivity contribution in [3.05, 3.63) is 71.3 Å². The topological polar surface area (TPSA) is 135 Å². The van der Waals surface area contributed by atoms with Crippen molar-refractivity contribution in [2.45, 2.75) is 129 Å². The highest BCUT2D eigenvalue weighted by Gasteiger charge is 2.39. The summed E-state index contributed by atoms with van der Waals surface area (Å²) in [5, 5.41) is 7.29. The number of cyclic esters (lactones) is 1. The van der Waals surface area contributed by atoms with E-state index in [1.54, 1.807) is 7.11 Å². The van der Waals surface area contributed by atoms with Gasteiger partial charge in [0.05, 0.1) is 12.5 Å². The predicted octanol–water partition coefficient (Wildman–Crippen LogP) is 6.25. The molecule has 2 aliphatic heterocycles. The average molecular weight is 749 g/mol. The summed E-state index contributed by atoms with van der Waals surface area (Å²) < 4.78 is 18.1. The van der Waals surface area contributed by atoms with Gasteiger partial charge in [-0.3, -0.25) is 24.2 Å². The van der Waals surface area contributed by atoms with Gasteiger partial charge in [0.25, 0.3) is 5.91 Å². The molecule has 2 heterocycles. The lowest BCUT2D eigenvalue weighted by atomic mass is 10.00. The van der Waals surface area contributed by atoms with Crippen molar-refractivity contribution in [2.24, 2.45) is 5.92 Å². The van der Waals surface area contributed by atoms with Crippen LogP contribution in [0.4, 0.5) is 0 Å². The summed E-state index contributed by atoms with van der Waals surface area (Å²) in [7, 11) is -0.574. The van der Waals surface area contributed by atoms with Gasteiger partial charge < -0.3 is 24.5 Å². The van der Waals surface area contributed by atoms with E-state index in [-0.39, 0.29) is 35.8 Å². The monoisotopic (exact) mass is 748 g/mol. The minimum Gasteiger partial charge on any atom is -0.543 e. The fourth-order valence-electron chi connectivity index (χ4n) is 6.20. The van der Waals surface area contributed by atoms with Gasteiger partial charge in [-0.25, -0.2) is 5.43 Å². The van der Waals surface area contributed by atoms with Crippen molar-refractivity contribution in [3.8, 4) is 5.75 Å². The molecule has 3 amide bonds. The molecule has 4 bridgehead atoms. The van der Waals surface area contributed by atoms with Crippen molar-refractivity contribution in [3.63, 3.8) is 0 Å². The summed E-state index contributed by atoms with van der Waals surface area (Å²) in [4.78, 5) is 55.2. The van der Waals surface area contributed by atoms with Crippen LogP contribution in [0.5, 0.6) is 5.75 Å². The maximum atomic E-state index is 14.4. The van der Waals surface area contributed by atoms with E-state index in [1.165, 1.54) is 5.01 Å². The molecule has 4 rings (SSSR count). The third kappa shape index (κ3) is 11.7. The molecular weight excluding hydrogens is 689 g/mol. The van der Waals surface area contributed by atoms with Crippen molar-refractivity contribution >= 4 is 38.1 Å². The number of hydrogen-bond donors (Lipinski definition) is 3. The largest absolute Gasteiger partial charge is 0.543 e. The fourth-order valence-corrected chi connectivity index (χ4v) is 7.23. The molecule has 0 aromatic heterocycles. The molecule has 12 heteroatoms. The first-order chi connectivity index (χ1) is 25.0. The first-order valence-corrected chi connectivity index (χ1v) is 21.8. The Bertz CT molecular complexity index is 1620. The van der Waals surface area contributed by atoms with E-state index >= 15 is 0 Å². The van der Waals surface area contributed by atoms with Gasteiger partial charge >= 0.3 is 5.97 Å². The van der Waals surface area contributed by atoms with Crippen molar-refractivity contribution in [1.82, 2.24) is 21.1 Å². The zero-order valence-electron chi connectivity index (χ0n) is 33.0. The first-order valence-electron chi connectivity index (χ1n) is 18.9. The van der Waals surface area contributed by atoms with Crippen LogP contribution < -0.4 is 20.5 Å². The molecule has 0 saturated carbocycles. The minimum absolute atomic E-state index is 0.0129. The highest BCUT2D eigenvalue weighted by Crippen LogP contribution is 2.37. The third-order valence-corrected chi connectivity index (χ3v) is 14.9. The van der Waals surface area contributed by atoms with Crippen LogP contribution in [0.3, 0.4) is 0 Å². The Morgan fingerprint density at radius 3 is 2.43 bits per heavy atom. The van der Waals surface area contributed by atoms with Crippen molar-refractivity contribution in [1.29, 1.82) is 0 Å². The molecule has 5 atom stereocenters. The number of methoxy groups -OCH3 is 1. The summed E-state index contributed by atoms with van der Waals surface area (Å²) in [6.07, 6.45) is 5.74. The summed E-state index contributed by atoms with van der Waals surface area (Å²) in [5.41, 5.74) is 5.71. The lowest BCUT2D eigenvalue weighted by Gasteiger charge is -2.37. The molecule has 2 aromatic rings. The Morgan fingerprint density at radius 2 is 1.74 bits per heavy atom. The zero-order valence-corrected chi connectivity index (χ0v) is 34.0. The number of nitrogens with one attached hydrogen (secondary N) is 3. The molecule has 0 aliphatic carbocycles. The number of benzene rings is 2. The second kappa shape index (κ2) is 18.4. The van der Waals surface area contributed by atoms with Gasteiger partial charge in [0.2, 0.25) is 20.1 Å². The van der Waals surface area contributed by atoms with Crippen LogP contribution in [-0.2, 0) is 35.1 Å². The fraction of sp³-hybridized carbons (Fsp3) is 0.561. The SMILES string of the molecule is CO[C@@H]1CC/C=C\c2cccc(c2)[C@@H](C)OC(=O)[C@@H]2CCCN(N2)C(=O)[C@H](Cc2cccc(O[Si](C)(C)C(C)(C)C)c2)NC(=O)[C@H](C(C)C)NC(=O)C1. The Morgan fingerprint density at radius 1 is 1.00 bits per heavy atom. The van der Waals surface area contributed by atoms with E-state index in [0.29, 0.717) is 38.0 Å². The number of fused-ring (bicyclic) bond motifs is 4. The summed E-state index contributed by atoms with van der Waals surface area (Å²) in [6.45, 7) is 16.8. The summed E-state index contributed by atoms with van der Waals surface area (Å²) >= 11 is 0. The Balaban J connectivity index is 1.66. The number of ether oxygens (including phenoxy) is 2. The molecule has 2 aromatic carbocycles. The molecule has 11 nitrogen and oxygen atoms in total. The van der Waals surface area contributed by atoms with Gasteiger partial charge in [0.15, 0.2) is 0 Å². The smallest absolute Gasteiger partial charge is 0.325 e. The number of amides is 3. The van der Waals surface area contributed by atoms with Gasteiger partial charge in [-0.1, -0.05) is 77.1 Å². The second-order valence-electron chi connectivity index (χ2n) is 16.2. The van der Waals surface area contributed by atoms with Crippen LogP contribution in [-0.4, -0.2) is 74.9 Å². The molecule has 1 saturated heterocycles. The van der Waals surface area contributed by atoms with Gasteiger partial charge in [-0.05, 0) is 91.5 Å². The van der Waals surface area contributed by atoms with Crippen LogP contribution in [0.25, 0.3) is 6.08 Å². The molecule has 290 valence electrons. The number of carbonyl (C=O) groups excluding carboxylic acids is 4. The predicted molar refractivity (Wildman–Crippen MR) is 209 cm³/mol. The number of esters is 1. The van der Waals surface area contributed by atoms with E-state index in [2.05, 4.69) is 49.9 Å². The van der Waals surface area contributed by atoms with E-state index < -0.39 is 50.3 Å². The number of nitrogens with zero attached hydrogens (tertiary/aromatic N) is 1. The molecule has 53 heavy (non-hydrogen) atoms. The second-order valence-corrected chi connectivity index (χ2v) is 20.9. The highest BCUT2D eigenvalue weighted by atomic mass is 28.4. The molecule has 1 fully saturated rings. The van der Waals surface area contributed by atoms with E-state index in [4.69, 9.17) is 13.9 Å². The Hall–Kier alpha value is -4.00. The van der Waals surface area contributed by atoms with Crippen LogP contribution in [0, 0.1) is 5.92 Å². The Kier molecular flexibility index (Phi) is 14.5. The lowest BCUT2D eigenvalue weighted by Crippen LogP contribution is -2.62. The summed E-state index contributed by atoms with van der Waals surface area (Å²) in [6, 6.07) is 12.8. The van der Waals surface area contributed by atoms with Crippen LogP contribution >= 0.6 is 0 Å². The molecule has 3 N–H and O–H groups in total. The summed E-state index contributed by atoms with van der Waals surface area (Å²) in [5.74, 6) is -1.19. The molecule has 0 unspecified atom stereocenters. The molecule has 0 radical (unpaired) electrons.